The largest absolute Gasteiger partial charge is 0.409 e. The highest BCUT2D eigenvalue weighted by Crippen LogP contribution is 2.18. The van der Waals surface area contributed by atoms with Crippen LogP contribution in [0.3, 0.4) is 0 Å². The van der Waals surface area contributed by atoms with Crippen LogP contribution >= 0.6 is 0 Å². The van der Waals surface area contributed by atoms with E-state index >= 15 is 0 Å². The highest BCUT2D eigenvalue weighted by molar-refractivity contribution is 5.85. The van der Waals surface area contributed by atoms with E-state index in [1.54, 1.807) is 0 Å². The molecule has 0 bridgehead atoms. The summed E-state index contributed by atoms with van der Waals surface area (Å²) in [7, 11) is 0. The normalized spacial score (nSPS) is 20.2. The molecule has 124 valence electrons. The monoisotopic (exact) mass is 297 g/mol. The standard InChI is InChI=1S/C17H35N3O/c1-2-3-4-5-6-7-8-9-10-11-14-20-15-12-13-16(20)17(18)19-21/h16,21H,2-15H2,1H3,(H2,18,19). The molecule has 1 heterocycles. The molecule has 0 radical (unpaired) electrons. The van der Waals surface area contributed by atoms with Gasteiger partial charge < -0.3 is 10.9 Å². The molecule has 1 unspecified atom stereocenters. The van der Waals surface area contributed by atoms with E-state index in [0.29, 0.717) is 5.84 Å². The van der Waals surface area contributed by atoms with Crippen LogP contribution in [-0.2, 0) is 0 Å². The second-order valence-electron chi connectivity index (χ2n) is 6.40. The Morgan fingerprint density at radius 1 is 1.05 bits per heavy atom. The second kappa shape index (κ2) is 11.8. The summed E-state index contributed by atoms with van der Waals surface area (Å²) in [5.41, 5.74) is 5.75. The molecule has 0 aromatic heterocycles. The van der Waals surface area contributed by atoms with Crippen molar-refractivity contribution < 1.29 is 5.21 Å². The fourth-order valence-corrected chi connectivity index (χ4v) is 3.30. The zero-order valence-electron chi connectivity index (χ0n) is 13.9. The number of unbranched alkanes of at least 4 members (excludes halogenated alkanes) is 9. The summed E-state index contributed by atoms with van der Waals surface area (Å²) in [4.78, 5) is 2.37. The summed E-state index contributed by atoms with van der Waals surface area (Å²) in [6, 6.07) is 0.175. The Bertz CT molecular complexity index is 281. The lowest BCUT2D eigenvalue weighted by molar-refractivity contribution is 0.275. The van der Waals surface area contributed by atoms with Crippen LogP contribution in [0.25, 0.3) is 0 Å². The second-order valence-corrected chi connectivity index (χ2v) is 6.40. The van der Waals surface area contributed by atoms with Crippen molar-refractivity contribution in [1.82, 2.24) is 4.90 Å². The van der Waals surface area contributed by atoms with Gasteiger partial charge in [0.25, 0.3) is 0 Å². The van der Waals surface area contributed by atoms with E-state index in [-0.39, 0.29) is 6.04 Å². The van der Waals surface area contributed by atoms with Crippen molar-refractivity contribution in [3.05, 3.63) is 0 Å². The molecule has 1 aliphatic heterocycles. The number of hydrogen-bond donors (Lipinski definition) is 2. The Balaban J connectivity index is 1.94. The van der Waals surface area contributed by atoms with E-state index in [9.17, 15) is 0 Å². The minimum Gasteiger partial charge on any atom is -0.409 e. The third kappa shape index (κ3) is 7.70. The smallest absolute Gasteiger partial charge is 0.156 e. The van der Waals surface area contributed by atoms with Crippen molar-refractivity contribution in [3.8, 4) is 0 Å². The summed E-state index contributed by atoms with van der Waals surface area (Å²) >= 11 is 0. The maximum atomic E-state index is 8.80. The van der Waals surface area contributed by atoms with Crippen LogP contribution in [-0.4, -0.2) is 35.1 Å². The van der Waals surface area contributed by atoms with Gasteiger partial charge in [0.05, 0.1) is 6.04 Å². The van der Waals surface area contributed by atoms with Gasteiger partial charge in [-0.15, -0.1) is 0 Å². The molecule has 4 nitrogen and oxygen atoms in total. The summed E-state index contributed by atoms with van der Waals surface area (Å²) in [6.45, 7) is 4.46. The Kier molecular flexibility index (Phi) is 10.3. The number of likely N-dealkylation sites (tertiary alicyclic amines) is 1. The molecule has 0 aromatic rings. The number of rotatable bonds is 12. The van der Waals surface area contributed by atoms with Gasteiger partial charge in [-0.1, -0.05) is 69.9 Å². The third-order valence-electron chi connectivity index (χ3n) is 4.62. The van der Waals surface area contributed by atoms with Crippen LogP contribution in [0, 0.1) is 0 Å². The average Bonchev–Trinajstić information content (AvgIpc) is 2.97. The van der Waals surface area contributed by atoms with E-state index in [4.69, 9.17) is 10.9 Å². The fourth-order valence-electron chi connectivity index (χ4n) is 3.30. The fraction of sp³-hybridized carbons (Fsp3) is 0.941. The maximum absolute atomic E-state index is 8.80. The van der Waals surface area contributed by atoms with Crippen LogP contribution in [0.4, 0.5) is 0 Å². The van der Waals surface area contributed by atoms with Crippen LogP contribution in [0.15, 0.2) is 5.16 Å². The molecule has 0 saturated carbocycles. The zero-order chi connectivity index (χ0) is 15.3. The summed E-state index contributed by atoms with van der Waals surface area (Å²) in [5.74, 6) is 0.388. The first-order valence-electron chi connectivity index (χ1n) is 9.01. The molecule has 1 rings (SSSR count). The van der Waals surface area contributed by atoms with Crippen molar-refractivity contribution in [2.75, 3.05) is 13.1 Å². The Labute approximate surface area is 130 Å². The van der Waals surface area contributed by atoms with Crippen LogP contribution in [0.5, 0.6) is 0 Å². The first-order valence-corrected chi connectivity index (χ1v) is 9.01. The topological polar surface area (TPSA) is 61.8 Å². The van der Waals surface area contributed by atoms with E-state index in [0.717, 1.165) is 19.5 Å². The van der Waals surface area contributed by atoms with Gasteiger partial charge in [-0.2, -0.15) is 0 Å². The quantitative estimate of drug-likeness (QED) is 0.187. The Hall–Kier alpha value is -0.770. The predicted octanol–water partition coefficient (Wildman–Crippen LogP) is 4.12. The first kappa shape index (κ1) is 18.3. The van der Waals surface area contributed by atoms with Crippen molar-refractivity contribution in [3.63, 3.8) is 0 Å². The van der Waals surface area contributed by atoms with Gasteiger partial charge in [0.2, 0.25) is 0 Å². The molecule has 4 heteroatoms. The minimum absolute atomic E-state index is 0.175. The van der Waals surface area contributed by atoms with Gasteiger partial charge in [0.15, 0.2) is 5.84 Å². The molecule has 21 heavy (non-hydrogen) atoms. The lowest BCUT2D eigenvalue weighted by Crippen LogP contribution is -2.40. The highest BCUT2D eigenvalue weighted by atomic mass is 16.4. The molecule has 0 aromatic carbocycles. The molecule has 0 amide bonds. The number of nitrogens with two attached hydrogens (primary N) is 1. The van der Waals surface area contributed by atoms with Gasteiger partial charge in [-0.05, 0) is 32.4 Å². The number of oxime groups is 1. The summed E-state index contributed by atoms with van der Waals surface area (Å²) < 4.78 is 0. The van der Waals surface area contributed by atoms with E-state index in [1.807, 2.05) is 0 Å². The van der Waals surface area contributed by atoms with Gasteiger partial charge in [0, 0.05) is 0 Å². The van der Waals surface area contributed by atoms with Gasteiger partial charge in [-0.3, -0.25) is 4.90 Å². The SMILES string of the molecule is CCCCCCCCCCCCN1CCCC1C(N)=NO. The van der Waals surface area contributed by atoms with E-state index in [2.05, 4.69) is 17.0 Å². The average molecular weight is 297 g/mol. The van der Waals surface area contributed by atoms with Crippen molar-refractivity contribution in [2.45, 2.75) is 90.0 Å². The van der Waals surface area contributed by atoms with Gasteiger partial charge in [-0.25, -0.2) is 0 Å². The lowest BCUT2D eigenvalue weighted by Gasteiger charge is -2.23. The molecular formula is C17H35N3O. The number of amidine groups is 1. The van der Waals surface area contributed by atoms with Gasteiger partial charge in [0.1, 0.15) is 0 Å². The molecule has 1 fully saturated rings. The van der Waals surface area contributed by atoms with Crippen LogP contribution in [0.2, 0.25) is 0 Å². The van der Waals surface area contributed by atoms with E-state index < -0.39 is 0 Å². The predicted molar refractivity (Wildman–Crippen MR) is 89.8 cm³/mol. The van der Waals surface area contributed by atoms with Crippen molar-refractivity contribution >= 4 is 5.84 Å². The van der Waals surface area contributed by atoms with Crippen molar-refractivity contribution in [1.29, 1.82) is 0 Å². The first-order chi connectivity index (χ1) is 10.3. The molecule has 1 saturated heterocycles. The molecule has 0 aliphatic carbocycles. The number of hydrogen-bond acceptors (Lipinski definition) is 3. The van der Waals surface area contributed by atoms with E-state index in [1.165, 1.54) is 70.6 Å². The lowest BCUT2D eigenvalue weighted by atomic mass is 10.1. The molecule has 3 N–H and O–H groups in total. The Morgan fingerprint density at radius 2 is 1.62 bits per heavy atom. The minimum atomic E-state index is 0.175. The highest BCUT2D eigenvalue weighted by Gasteiger charge is 2.27. The molecule has 0 spiro atoms. The van der Waals surface area contributed by atoms with Crippen LogP contribution in [0.1, 0.15) is 84.0 Å². The van der Waals surface area contributed by atoms with Gasteiger partial charge >= 0.3 is 0 Å². The summed E-state index contributed by atoms with van der Waals surface area (Å²) in [6.07, 6.45) is 15.9. The molecule has 1 aliphatic rings. The maximum Gasteiger partial charge on any atom is 0.156 e. The molecular weight excluding hydrogens is 262 g/mol. The molecule has 1 atom stereocenters. The van der Waals surface area contributed by atoms with Crippen molar-refractivity contribution in [2.24, 2.45) is 10.9 Å². The van der Waals surface area contributed by atoms with Crippen LogP contribution < -0.4 is 5.73 Å². The summed E-state index contributed by atoms with van der Waals surface area (Å²) in [5, 5.41) is 12.0. The zero-order valence-corrected chi connectivity index (χ0v) is 13.9. The Morgan fingerprint density at radius 3 is 2.19 bits per heavy atom. The number of nitrogens with zero attached hydrogens (tertiary/aromatic N) is 2. The third-order valence-corrected chi connectivity index (χ3v) is 4.62.